The summed E-state index contributed by atoms with van der Waals surface area (Å²) in [6.07, 6.45) is 1.73. The van der Waals surface area contributed by atoms with E-state index in [1.54, 1.807) is 13.3 Å². The molecule has 0 bridgehead atoms. The van der Waals surface area contributed by atoms with Crippen molar-refractivity contribution in [3.63, 3.8) is 0 Å². The maximum absolute atomic E-state index is 12.7. The Morgan fingerprint density at radius 3 is 2.43 bits per heavy atom. The van der Waals surface area contributed by atoms with Gasteiger partial charge >= 0.3 is 0 Å². The SMILES string of the molecule is COc1ccc2c(C(=O)Nc3c(C)cc(C)cc3C)c[nH]c2c1. The van der Waals surface area contributed by atoms with E-state index in [1.165, 1.54) is 5.56 Å². The Hall–Kier alpha value is -2.75. The molecule has 1 heterocycles. The molecule has 23 heavy (non-hydrogen) atoms. The van der Waals surface area contributed by atoms with Gasteiger partial charge in [0, 0.05) is 28.9 Å². The van der Waals surface area contributed by atoms with Crippen LogP contribution < -0.4 is 10.1 Å². The van der Waals surface area contributed by atoms with Crippen LogP contribution >= 0.6 is 0 Å². The van der Waals surface area contributed by atoms with Gasteiger partial charge in [0.2, 0.25) is 0 Å². The number of methoxy groups -OCH3 is 1. The number of H-pyrrole nitrogens is 1. The molecule has 0 saturated carbocycles. The Balaban J connectivity index is 1.95. The lowest BCUT2D eigenvalue weighted by molar-refractivity contribution is 0.102. The van der Waals surface area contributed by atoms with Crippen molar-refractivity contribution in [2.75, 3.05) is 12.4 Å². The predicted octanol–water partition coefficient (Wildman–Crippen LogP) is 4.35. The molecule has 0 aliphatic carbocycles. The van der Waals surface area contributed by atoms with Crippen LogP contribution in [0, 0.1) is 20.8 Å². The summed E-state index contributed by atoms with van der Waals surface area (Å²) in [5.41, 5.74) is 5.71. The standard InChI is InChI=1S/C19H20N2O2/c1-11-7-12(2)18(13(3)8-11)21-19(22)16-10-20-17-9-14(23-4)5-6-15(16)17/h5-10,20H,1-4H3,(H,21,22). The van der Waals surface area contributed by atoms with Crippen LogP contribution in [0.5, 0.6) is 5.75 Å². The first-order chi connectivity index (χ1) is 11.0. The Kier molecular flexibility index (Phi) is 3.82. The third-order valence-corrected chi connectivity index (χ3v) is 4.05. The second kappa shape index (κ2) is 5.80. The largest absolute Gasteiger partial charge is 0.497 e. The lowest BCUT2D eigenvalue weighted by atomic mass is 10.0. The monoisotopic (exact) mass is 308 g/mol. The van der Waals surface area contributed by atoms with E-state index in [-0.39, 0.29) is 5.91 Å². The maximum atomic E-state index is 12.7. The summed E-state index contributed by atoms with van der Waals surface area (Å²) in [7, 11) is 1.63. The number of aryl methyl sites for hydroxylation is 3. The topological polar surface area (TPSA) is 54.1 Å². The molecule has 1 amide bonds. The number of benzene rings is 2. The van der Waals surface area contributed by atoms with Gasteiger partial charge in [0.1, 0.15) is 5.75 Å². The summed E-state index contributed by atoms with van der Waals surface area (Å²) in [6.45, 7) is 6.07. The molecule has 0 radical (unpaired) electrons. The number of amides is 1. The first kappa shape index (κ1) is 15.2. The number of fused-ring (bicyclic) bond motifs is 1. The van der Waals surface area contributed by atoms with Crippen LogP contribution in [0.2, 0.25) is 0 Å². The van der Waals surface area contributed by atoms with E-state index >= 15 is 0 Å². The van der Waals surface area contributed by atoms with Crippen molar-refractivity contribution < 1.29 is 9.53 Å². The summed E-state index contributed by atoms with van der Waals surface area (Å²) < 4.78 is 5.21. The predicted molar refractivity (Wildman–Crippen MR) is 93.5 cm³/mol. The van der Waals surface area contributed by atoms with Gasteiger partial charge in [-0.25, -0.2) is 0 Å². The number of aromatic amines is 1. The Morgan fingerprint density at radius 2 is 1.78 bits per heavy atom. The molecule has 0 aliphatic heterocycles. The maximum Gasteiger partial charge on any atom is 0.257 e. The van der Waals surface area contributed by atoms with Gasteiger partial charge in [0.05, 0.1) is 12.7 Å². The molecule has 0 atom stereocenters. The summed E-state index contributed by atoms with van der Waals surface area (Å²) in [4.78, 5) is 15.8. The van der Waals surface area contributed by atoms with Gasteiger partial charge in [-0.3, -0.25) is 4.79 Å². The van der Waals surface area contributed by atoms with Gasteiger partial charge in [-0.2, -0.15) is 0 Å². The molecule has 4 nitrogen and oxygen atoms in total. The van der Waals surface area contributed by atoms with Crippen molar-refractivity contribution in [1.82, 2.24) is 4.98 Å². The molecule has 0 aliphatic rings. The number of aromatic nitrogens is 1. The van der Waals surface area contributed by atoms with Gasteiger partial charge < -0.3 is 15.0 Å². The van der Waals surface area contributed by atoms with Crippen LogP contribution in [0.4, 0.5) is 5.69 Å². The van der Waals surface area contributed by atoms with Gasteiger partial charge in [-0.1, -0.05) is 17.7 Å². The minimum atomic E-state index is -0.114. The smallest absolute Gasteiger partial charge is 0.257 e. The molecule has 118 valence electrons. The average Bonchev–Trinajstić information content (AvgIpc) is 2.93. The van der Waals surface area contributed by atoms with Crippen LogP contribution in [0.3, 0.4) is 0 Å². The minimum absolute atomic E-state index is 0.114. The number of carbonyl (C=O) groups is 1. The molecule has 3 rings (SSSR count). The molecule has 0 fully saturated rings. The van der Waals surface area contributed by atoms with E-state index in [1.807, 2.05) is 32.0 Å². The summed E-state index contributed by atoms with van der Waals surface area (Å²) in [5, 5.41) is 3.92. The van der Waals surface area contributed by atoms with Gasteiger partial charge in [0.15, 0.2) is 0 Å². The number of ether oxygens (including phenoxy) is 1. The molecule has 1 aromatic heterocycles. The van der Waals surface area contributed by atoms with Crippen molar-refractivity contribution in [1.29, 1.82) is 0 Å². The van der Waals surface area contributed by atoms with Crippen LogP contribution in [0.15, 0.2) is 36.5 Å². The molecule has 4 heteroatoms. The van der Waals surface area contributed by atoms with E-state index in [4.69, 9.17) is 4.74 Å². The van der Waals surface area contributed by atoms with E-state index in [0.717, 1.165) is 33.5 Å². The van der Waals surface area contributed by atoms with Crippen molar-refractivity contribution in [3.05, 3.63) is 58.8 Å². The molecular weight excluding hydrogens is 288 g/mol. The normalized spacial score (nSPS) is 10.8. The number of nitrogens with one attached hydrogen (secondary N) is 2. The Labute approximate surface area is 135 Å². The summed E-state index contributed by atoms with van der Waals surface area (Å²) in [6, 6.07) is 9.78. The summed E-state index contributed by atoms with van der Waals surface area (Å²) >= 11 is 0. The zero-order valence-corrected chi connectivity index (χ0v) is 13.8. The summed E-state index contributed by atoms with van der Waals surface area (Å²) in [5.74, 6) is 0.646. The first-order valence-electron chi connectivity index (χ1n) is 7.54. The Morgan fingerprint density at radius 1 is 1.09 bits per heavy atom. The molecule has 0 unspecified atom stereocenters. The van der Waals surface area contributed by atoms with Gasteiger partial charge in [-0.15, -0.1) is 0 Å². The van der Waals surface area contributed by atoms with Crippen molar-refractivity contribution in [2.24, 2.45) is 0 Å². The van der Waals surface area contributed by atoms with E-state index in [2.05, 4.69) is 29.4 Å². The highest BCUT2D eigenvalue weighted by atomic mass is 16.5. The lowest BCUT2D eigenvalue weighted by Crippen LogP contribution is -2.13. The van der Waals surface area contributed by atoms with E-state index in [9.17, 15) is 4.79 Å². The minimum Gasteiger partial charge on any atom is -0.497 e. The van der Waals surface area contributed by atoms with Crippen molar-refractivity contribution in [2.45, 2.75) is 20.8 Å². The Bertz CT molecular complexity index is 871. The molecule has 0 spiro atoms. The average molecular weight is 308 g/mol. The quantitative estimate of drug-likeness (QED) is 0.755. The molecular formula is C19H20N2O2. The second-order valence-corrected chi connectivity index (χ2v) is 5.84. The number of carbonyl (C=O) groups excluding carboxylic acids is 1. The number of hydrogen-bond acceptors (Lipinski definition) is 2. The number of hydrogen-bond donors (Lipinski definition) is 2. The number of rotatable bonds is 3. The fourth-order valence-corrected chi connectivity index (χ4v) is 2.98. The number of anilines is 1. The van der Waals surface area contributed by atoms with E-state index < -0.39 is 0 Å². The third kappa shape index (κ3) is 2.80. The van der Waals surface area contributed by atoms with Crippen molar-refractivity contribution >= 4 is 22.5 Å². The van der Waals surface area contributed by atoms with E-state index in [0.29, 0.717) is 5.56 Å². The second-order valence-electron chi connectivity index (χ2n) is 5.84. The highest BCUT2D eigenvalue weighted by molar-refractivity contribution is 6.13. The molecule has 0 saturated heterocycles. The highest BCUT2D eigenvalue weighted by Gasteiger charge is 2.15. The van der Waals surface area contributed by atoms with Crippen LogP contribution in [0.25, 0.3) is 10.9 Å². The zero-order valence-electron chi connectivity index (χ0n) is 13.8. The molecule has 3 aromatic rings. The van der Waals surface area contributed by atoms with Gasteiger partial charge in [0.25, 0.3) is 5.91 Å². The fraction of sp³-hybridized carbons (Fsp3) is 0.211. The third-order valence-electron chi connectivity index (χ3n) is 4.05. The van der Waals surface area contributed by atoms with Crippen molar-refractivity contribution in [3.8, 4) is 5.75 Å². The van der Waals surface area contributed by atoms with Crippen LogP contribution in [-0.4, -0.2) is 18.0 Å². The first-order valence-corrected chi connectivity index (χ1v) is 7.54. The fourth-order valence-electron chi connectivity index (χ4n) is 2.98. The molecule has 2 aromatic carbocycles. The van der Waals surface area contributed by atoms with Gasteiger partial charge in [-0.05, 0) is 44.0 Å². The highest BCUT2D eigenvalue weighted by Crippen LogP contribution is 2.26. The van der Waals surface area contributed by atoms with Crippen LogP contribution in [0.1, 0.15) is 27.0 Å². The van der Waals surface area contributed by atoms with Crippen LogP contribution in [-0.2, 0) is 0 Å². The molecule has 2 N–H and O–H groups in total. The zero-order chi connectivity index (χ0) is 16.6. The lowest BCUT2D eigenvalue weighted by Gasteiger charge is -2.12.